The lowest BCUT2D eigenvalue weighted by molar-refractivity contribution is 0.100. The lowest BCUT2D eigenvalue weighted by Gasteiger charge is -2.41. The van der Waals surface area contributed by atoms with Crippen molar-refractivity contribution in [2.24, 2.45) is 0 Å². The number of hydrogen-bond acceptors (Lipinski definition) is 4. The molecule has 1 heterocycles. The van der Waals surface area contributed by atoms with E-state index in [1.54, 1.807) is 7.11 Å². The smallest absolute Gasteiger partial charge is 0.416 e. The van der Waals surface area contributed by atoms with Crippen LogP contribution in [-0.4, -0.2) is 46.6 Å². The Hall–Kier alpha value is -2.96. The van der Waals surface area contributed by atoms with Crippen LogP contribution in [0.4, 0.5) is 4.79 Å². The van der Waals surface area contributed by atoms with E-state index in [0.29, 0.717) is 18.6 Å². The minimum absolute atomic E-state index is 0.101. The first kappa shape index (κ1) is 28.6. The summed E-state index contributed by atoms with van der Waals surface area (Å²) < 4.78 is 17.7. The van der Waals surface area contributed by atoms with E-state index in [2.05, 4.69) is 69.0 Å². The van der Waals surface area contributed by atoms with E-state index in [1.165, 1.54) is 0 Å². The van der Waals surface area contributed by atoms with Gasteiger partial charge in [0.1, 0.15) is 19.6 Å². The largest absolute Gasteiger partial charge is 0.547 e. The first-order chi connectivity index (χ1) is 17.4. The molecule has 5 nitrogen and oxygen atoms in total. The number of amides is 1. The molecule has 2 aromatic rings. The summed E-state index contributed by atoms with van der Waals surface area (Å²) in [5, 5.41) is 0. The highest BCUT2D eigenvalue weighted by molar-refractivity contribution is 6.83. The van der Waals surface area contributed by atoms with Gasteiger partial charge in [0.25, 0.3) is 0 Å². The molecule has 0 saturated heterocycles. The van der Waals surface area contributed by atoms with Crippen LogP contribution in [0.1, 0.15) is 24.8 Å². The van der Waals surface area contributed by atoms with Crippen LogP contribution in [0, 0.1) is 11.5 Å². The molecule has 198 valence electrons. The summed E-state index contributed by atoms with van der Waals surface area (Å²) in [6, 6.07) is 17.1. The molecule has 2 aromatic carbocycles. The molecule has 0 fully saturated rings. The molecule has 2 atom stereocenters. The standard InChI is InChI=1S/C30H41NO4Si2/c1-33-27-18-16-24(17-19-27)21-26-23-29(35-37(5,6)7)22-25(13-11-12-20-36(2,3)4)31(26)30(32)34-28-14-9-8-10-15-28/h8-10,14-19,22,25-26H,11,13,21,23H2,1-7H3. The highest BCUT2D eigenvalue weighted by Crippen LogP contribution is 2.31. The van der Waals surface area contributed by atoms with Crippen molar-refractivity contribution in [3.05, 3.63) is 72.0 Å². The van der Waals surface area contributed by atoms with Crippen LogP contribution in [0.15, 0.2) is 66.4 Å². The minimum Gasteiger partial charge on any atom is -0.547 e. The van der Waals surface area contributed by atoms with Crippen LogP contribution in [0.25, 0.3) is 0 Å². The van der Waals surface area contributed by atoms with Crippen LogP contribution in [0.5, 0.6) is 11.5 Å². The van der Waals surface area contributed by atoms with Crippen LogP contribution < -0.4 is 9.47 Å². The van der Waals surface area contributed by atoms with Crippen molar-refractivity contribution in [1.82, 2.24) is 4.90 Å². The molecule has 0 spiro atoms. The lowest BCUT2D eigenvalue weighted by atomic mass is 9.93. The predicted molar refractivity (Wildman–Crippen MR) is 156 cm³/mol. The van der Waals surface area contributed by atoms with Gasteiger partial charge in [-0.2, -0.15) is 0 Å². The fourth-order valence-corrected chi connectivity index (χ4v) is 5.93. The molecular formula is C30H41NO4Si2. The Morgan fingerprint density at radius 2 is 1.65 bits per heavy atom. The van der Waals surface area contributed by atoms with E-state index in [0.717, 1.165) is 29.9 Å². The Bertz CT molecular complexity index is 1120. The zero-order valence-electron chi connectivity index (χ0n) is 23.3. The van der Waals surface area contributed by atoms with E-state index in [1.807, 2.05) is 47.4 Å². The van der Waals surface area contributed by atoms with Gasteiger partial charge in [0, 0.05) is 18.9 Å². The molecule has 7 heteroatoms. The fraction of sp³-hybridized carbons (Fsp3) is 0.433. The van der Waals surface area contributed by atoms with E-state index >= 15 is 0 Å². The molecule has 1 amide bonds. The first-order valence-corrected chi connectivity index (χ1v) is 19.9. The average Bonchev–Trinajstić information content (AvgIpc) is 2.81. The van der Waals surface area contributed by atoms with Gasteiger partial charge in [-0.15, -0.1) is 11.5 Å². The fourth-order valence-electron chi connectivity index (χ4n) is 4.33. The maximum absolute atomic E-state index is 13.7. The third-order valence-electron chi connectivity index (χ3n) is 5.82. The van der Waals surface area contributed by atoms with Crippen molar-refractivity contribution in [3.8, 4) is 23.0 Å². The number of benzene rings is 2. The van der Waals surface area contributed by atoms with E-state index in [4.69, 9.17) is 13.9 Å². The van der Waals surface area contributed by atoms with Crippen LogP contribution in [-0.2, 0) is 10.8 Å². The molecule has 1 aliphatic rings. The second-order valence-corrected chi connectivity index (χ2v) is 20.7. The van der Waals surface area contributed by atoms with Gasteiger partial charge in [-0.1, -0.05) is 50.0 Å². The highest BCUT2D eigenvalue weighted by atomic mass is 28.4. The first-order valence-electron chi connectivity index (χ1n) is 13.0. The van der Waals surface area contributed by atoms with Gasteiger partial charge in [0.2, 0.25) is 8.32 Å². The van der Waals surface area contributed by atoms with Crippen LogP contribution in [0.3, 0.4) is 0 Å². The van der Waals surface area contributed by atoms with Gasteiger partial charge < -0.3 is 13.9 Å². The number of carbonyl (C=O) groups is 1. The quantitative estimate of drug-likeness (QED) is 0.263. The van der Waals surface area contributed by atoms with Crippen LogP contribution in [0.2, 0.25) is 39.3 Å². The molecule has 37 heavy (non-hydrogen) atoms. The Labute approximate surface area is 225 Å². The molecule has 0 radical (unpaired) electrons. The van der Waals surface area contributed by atoms with E-state index in [-0.39, 0.29) is 18.2 Å². The normalized spacial score (nSPS) is 17.8. The maximum atomic E-state index is 13.7. The summed E-state index contributed by atoms with van der Waals surface area (Å²) in [5.74, 6) is 5.71. The highest BCUT2D eigenvalue weighted by Gasteiger charge is 2.37. The molecule has 3 rings (SSSR count). The Morgan fingerprint density at radius 3 is 2.24 bits per heavy atom. The molecule has 2 unspecified atom stereocenters. The molecule has 0 bridgehead atoms. The van der Waals surface area contributed by atoms with Gasteiger partial charge in [-0.3, -0.25) is 4.90 Å². The molecule has 0 saturated carbocycles. The van der Waals surface area contributed by atoms with Crippen molar-refractivity contribution in [1.29, 1.82) is 0 Å². The molecule has 1 aliphatic heterocycles. The third-order valence-corrected chi connectivity index (χ3v) is 7.62. The summed E-state index contributed by atoms with van der Waals surface area (Å²) in [6.07, 6.45) is 4.59. The van der Waals surface area contributed by atoms with Gasteiger partial charge in [-0.25, -0.2) is 4.79 Å². The Morgan fingerprint density at radius 1 is 0.973 bits per heavy atom. The molecule has 0 aromatic heterocycles. The number of carbonyl (C=O) groups excluding carboxylic acids is 1. The topological polar surface area (TPSA) is 48.0 Å². The number of methoxy groups -OCH3 is 1. The van der Waals surface area contributed by atoms with Crippen molar-refractivity contribution in [3.63, 3.8) is 0 Å². The van der Waals surface area contributed by atoms with Gasteiger partial charge in [0.05, 0.1) is 18.9 Å². The maximum Gasteiger partial charge on any atom is 0.416 e. The summed E-state index contributed by atoms with van der Waals surface area (Å²) in [4.78, 5) is 15.6. The summed E-state index contributed by atoms with van der Waals surface area (Å²) in [7, 11) is -1.62. The van der Waals surface area contributed by atoms with Gasteiger partial charge in [-0.05, 0) is 68.4 Å². The van der Waals surface area contributed by atoms with Crippen molar-refractivity contribution in [2.45, 2.75) is 77.0 Å². The Kier molecular flexibility index (Phi) is 9.69. The average molecular weight is 536 g/mol. The number of hydrogen-bond donors (Lipinski definition) is 0. The number of para-hydroxylation sites is 1. The zero-order valence-corrected chi connectivity index (χ0v) is 25.3. The zero-order chi connectivity index (χ0) is 27.1. The monoisotopic (exact) mass is 535 g/mol. The van der Waals surface area contributed by atoms with E-state index in [9.17, 15) is 4.79 Å². The second-order valence-electron chi connectivity index (χ2n) is 11.5. The van der Waals surface area contributed by atoms with Gasteiger partial charge in [0.15, 0.2) is 0 Å². The molecule has 0 aliphatic carbocycles. The summed E-state index contributed by atoms with van der Waals surface area (Å²) >= 11 is 0. The van der Waals surface area contributed by atoms with Crippen molar-refractivity contribution >= 4 is 22.5 Å². The van der Waals surface area contributed by atoms with Gasteiger partial charge >= 0.3 is 6.09 Å². The van der Waals surface area contributed by atoms with E-state index < -0.39 is 16.4 Å². The summed E-state index contributed by atoms with van der Waals surface area (Å²) in [6.45, 7) is 13.3. The SMILES string of the molecule is COc1ccc(CC2CC(O[Si](C)(C)C)=CC(CCC#C[Si](C)(C)C)N2C(=O)Oc2ccccc2)cc1. The van der Waals surface area contributed by atoms with Crippen molar-refractivity contribution in [2.75, 3.05) is 7.11 Å². The number of ether oxygens (including phenoxy) is 2. The number of nitrogens with zero attached hydrogens (tertiary/aromatic N) is 1. The lowest BCUT2D eigenvalue weighted by Crippen LogP contribution is -2.51. The Balaban J connectivity index is 1.94. The second kappa shape index (κ2) is 12.5. The van der Waals surface area contributed by atoms with Crippen LogP contribution >= 0.6 is 0 Å². The summed E-state index contributed by atoms with van der Waals surface area (Å²) in [5.41, 5.74) is 4.59. The molecular weight excluding hydrogens is 495 g/mol. The third kappa shape index (κ3) is 9.45. The minimum atomic E-state index is -1.82. The number of rotatable bonds is 8. The predicted octanol–water partition coefficient (Wildman–Crippen LogP) is 7.28. The molecule has 0 N–H and O–H groups in total. The van der Waals surface area contributed by atoms with Crippen molar-refractivity contribution < 1.29 is 18.7 Å².